The molecule has 0 aliphatic carbocycles. The molecule has 0 spiro atoms. The summed E-state index contributed by atoms with van der Waals surface area (Å²) in [6, 6.07) is 7.69. The molecular weight excluding hydrogens is 467 g/mol. The summed E-state index contributed by atoms with van der Waals surface area (Å²) in [7, 11) is 0. The van der Waals surface area contributed by atoms with Gasteiger partial charge in [-0.25, -0.2) is 18.6 Å². The molecule has 13 heteroatoms. The molecule has 0 atom stereocenters. The molecule has 0 radical (unpaired) electrons. The van der Waals surface area contributed by atoms with E-state index in [0.717, 1.165) is 6.20 Å². The van der Waals surface area contributed by atoms with Crippen molar-refractivity contribution in [1.82, 2.24) is 15.0 Å². The molecule has 1 saturated heterocycles. The van der Waals surface area contributed by atoms with Crippen LogP contribution < -0.4 is 9.64 Å². The van der Waals surface area contributed by atoms with Gasteiger partial charge in [0.05, 0.1) is 25.6 Å². The molecule has 1 aliphatic rings. The number of rotatable bonds is 4. The molecule has 1 aromatic carbocycles. The number of carboxylic acids is 1. The van der Waals surface area contributed by atoms with Crippen molar-refractivity contribution in [2.75, 3.05) is 31.2 Å². The first-order valence-corrected chi connectivity index (χ1v) is 9.67. The standard InChI is InChI=1S/C19H16F2N4O2.C2HF3O2/c20-14-8-13(9-15(10-14)25-4-6-26-7-5-25)18-17(21)12-23-19(24-18)27-16-2-1-3-22-11-16;3-2(4,5)1(6)7/h1-3,8-12H,4-7H2;(H,6,7). The fourth-order valence-corrected chi connectivity index (χ4v) is 2.83. The lowest BCUT2D eigenvalue weighted by atomic mass is 10.1. The van der Waals surface area contributed by atoms with E-state index in [0.29, 0.717) is 43.3 Å². The molecule has 34 heavy (non-hydrogen) atoms. The summed E-state index contributed by atoms with van der Waals surface area (Å²) in [4.78, 5) is 22.8. The molecule has 1 fully saturated rings. The molecule has 1 N–H and O–H groups in total. The molecule has 0 bridgehead atoms. The zero-order chi connectivity index (χ0) is 24.7. The van der Waals surface area contributed by atoms with Gasteiger partial charge in [-0.1, -0.05) is 0 Å². The number of ether oxygens (including phenoxy) is 2. The third kappa shape index (κ3) is 6.81. The lowest BCUT2D eigenvalue weighted by Gasteiger charge is -2.29. The zero-order valence-electron chi connectivity index (χ0n) is 17.3. The van der Waals surface area contributed by atoms with Crippen molar-refractivity contribution in [3.05, 3.63) is 60.6 Å². The van der Waals surface area contributed by atoms with Crippen LogP contribution in [0.1, 0.15) is 0 Å². The number of carbonyl (C=O) groups is 1. The molecule has 180 valence electrons. The van der Waals surface area contributed by atoms with Crippen molar-refractivity contribution < 1.29 is 41.3 Å². The highest BCUT2D eigenvalue weighted by Crippen LogP contribution is 2.29. The fraction of sp³-hybridized carbons (Fsp3) is 0.238. The van der Waals surface area contributed by atoms with Gasteiger partial charge in [0, 0.05) is 30.5 Å². The van der Waals surface area contributed by atoms with Crippen molar-refractivity contribution >= 4 is 11.7 Å². The first-order valence-electron chi connectivity index (χ1n) is 9.67. The van der Waals surface area contributed by atoms with Crippen molar-refractivity contribution in [3.8, 4) is 23.0 Å². The third-order valence-corrected chi connectivity index (χ3v) is 4.34. The minimum Gasteiger partial charge on any atom is -0.475 e. The molecule has 3 heterocycles. The highest BCUT2D eigenvalue weighted by molar-refractivity contribution is 5.73. The quantitative estimate of drug-likeness (QED) is 0.554. The van der Waals surface area contributed by atoms with Gasteiger partial charge in [-0.05, 0) is 30.3 Å². The molecule has 4 rings (SSSR count). The highest BCUT2D eigenvalue weighted by atomic mass is 19.4. The molecule has 2 aromatic heterocycles. The minimum absolute atomic E-state index is 0.0297. The van der Waals surface area contributed by atoms with E-state index in [2.05, 4.69) is 15.0 Å². The Balaban J connectivity index is 0.000000406. The van der Waals surface area contributed by atoms with E-state index < -0.39 is 23.8 Å². The van der Waals surface area contributed by atoms with E-state index in [4.69, 9.17) is 19.4 Å². The summed E-state index contributed by atoms with van der Waals surface area (Å²) in [5.74, 6) is -3.47. The summed E-state index contributed by atoms with van der Waals surface area (Å²) >= 11 is 0. The van der Waals surface area contributed by atoms with Crippen LogP contribution in [0.2, 0.25) is 0 Å². The number of pyridine rings is 1. The number of aliphatic carboxylic acids is 1. The van der Waals surface area contributed by atoms with Crippen molar-refractivity contribution in [2.45, 2.75) is 6.18 Å². The lowest BCUT2D eigenvalue weighted by Crippen LogP contribution is -2.36. The average Bonchev–Trinajstić information content (AvgIpc) is 2.81. The predicted octanol–water partition coefficient (Wildman–Crippen LogP) is 4.08. The van der Waals surface area contributed by atoms with Crippen molar-refractivity contribution in [2.24, 2.45) is 0 Å². The Hall–Kier alpha value is -3.87. The van der Waals surface area contributed by atoms with Crippen LogP contribution in [0.5, 0.6) is 11.8 Å². The number of nitrogens with zero attached hydrogens (tertiary/aromatic N) is 4. The van der Waals surface area contributed by atoms with Crippen molar-refractivity contribution in [1.29, 1.82) is 0 Å². The van der Waals surface area contributed by atoms with Crippen LogP contribution in [0.15, 0.2) is 48.9 Å². The molecule has 3 aromatic rings. The van der Waals surface area contributed by atoms with E-state index in [1.807, 2.05) is 4.90 Å². The van der Waals surface area contributed by atoms with E-state index in [1.54, 1.807) is 24.4 Å². The number of carboxylic acid groups (broad SMARTS) is 1. The maximum absolute atomic E-state index is 14.4. The number of anilines is 1. The number of alkyl halides is 3. The summed E-state index contributed by atoms with van der Waals surface area (Å²) in [5, 5.41) is 7.12. The first-order chi connectivity index (χ1) is 16.1. The van der Waals surface area contributed by atoms with E-state index >= 15 is 0 Å². The van der Waals surface area contributed by atoms with Gasteiger partial charge in [-0.15, -0.1) is 0 Å². The zero-order valence-corrected chi connectivity index (χ0v) is 17.3. The number of halogens is 5. The molecule has 0 amide bonds. The maximum Gasteiger partial charge on any atom is 0.490 e. The lowest BCUT2D eigenvalue weighted by molar-refractivity contribution is -0.192. The highest BCUT2D eigenvalue weighted by Gasteiger charge is 2.38. The molecule has 0 unspecified atom stereocenters. The Morgan fingerprint density at radius 2 is 1.82 bits per heavy atom. The molecule has 1 aliphatic heterocycles. The normalized spacial score (nSPS) is 13.6. The molecular formula is C21H17F5N4O4. The van der Waals surface area contributed by atoms with Gasteiger partial charge in [0.25, 0.3) is 0 Å². The summed E-state index contributed by atoms with van der Waals surface area (Å²) in [5.41, 5.74) is 0.936. The van der Waals surface area contributed by atoms with Crippen LogP contribution in [-0.4, -0.2) is 58.5 Å². The Morgan fingerprint density at radius 1 is 1.12 bits per heavy atom. The van der Waals surface area contributed by atoms with Gasteiger partial charge >= 0.3 is 18.2 Å². The van der Waals surface area contributed by atoms with Crippen LogP contribution >= 0.6 is 0 Å². The van der Waals surface area contributed by atoms with E-state index in [1.165, 1.54) is 18.3 Å². The molecule has 8 nitrogen and oxygen atoms in total. The monoisotopic (exact) mass is 484 g/mol. The second-order valence-corrected chi connectivity index (χ2v) is 6.74. The first kappa shape index (κ1) is 24.8. The number of hydrogen-bond acceptors (Lipinski definition) is 7. The largest absolute Gasteiger partial charge is 0.490 e. The SMILES string of the molecule is Fc1cc(-c2nc(Oc3cccnc3)ncc2F)cc(N2CCOCC2)c1.O=C(O)C(F)(F)F. The van der Waals surface area contributed by atoms with Crippen LogP contribution in [0.3, 0.4) is 0 Å². The molecule has 0 saturated carbocycles. The summed E-state index contributed by atoms with van der Waals surface area (Å²) in [6.45, 7) is 2.42. The van der Waals surface area contributed by atoms with E-state index in [-0.39, 0.29) is 11.7 Å². The Morgan fingerprint density at radius 3 is 2.44 bits per heavy atom. The van der Waals surface area contributed by atoms with Crippen LogP contribution in [0.25, 0.3) is 11.3 Å². The smallest absolute Gasteiger partial charge is 0.475 e. The Bertz CT molecular complexity index is 1130. The van der Waals surface area contributed by atoms with Crippen LogP contribution in [-0.2, 0) is 9.53 Å². The van der Waals surface area contributed by atoms with Gasteiger partial charge in [-0.3, -0.25) is 4.98 Å². The summed E-state index contributed by atoms with van der Waals surface area (Å²) in [6.07, 6.45) is -0.984. The van der Waals surface area contributed by atoms with Crippen LogP contribution in [0.4, 0.5) is 27.6 Å². The average molecular weight is 484 g/mol. The van der Waals surface area contributed by atoms with Gasteiger partial charge < -0.3 is 19.5 Å². The van der Waals surface area contributed by atoms with Gasteiger partial charge in [0.2, 0.25) is 0 Å². The predicted molar refractivity (Wildman–Crippen MR) is 108 cm³/mol. The minimum atomic E-state index is -5.08. The number of morpholine rings is 1. The second kappa shape index (κ2) is 10.8. The number of aromatic nitrogens is 3. The summed E-state index contributed by atoms with van der Waals surface area (Å²) < 4.78 is 71.1. The number of hydrogen-bond donors (Lipinski definition) is 1. The third-order valence-electron chi connectivity index (χ3n) is 4.34. The van der Waals surface area contributed by atoms with Gasteiger partial charge in [0.1, 0.15) is 17.3 Å². The Kier molecular flexibility index (Phi) is 7.89. The maximum atomic E-state index is 14.4. The Labute approximate surface area is 189 Å². The number of benzene rings is 1. The van der Waals surface area contributed by atoms with Gasteiger partial charge in [0.15, 0.2) is 5.82 Å². The van der Waals surface area contributed by atoms with E-state index in [9.17, 15) is 22.0 Å². The second-order valence-electron chi connectivity index (χ2n) is 6.74. The van der Waals surface area contributed by atoms with Crippen LogP contribution in [0, 0.1) is 11.6 Å². The fourth-order valence-electron chi connectivity index (χ4n) is 2.83. The van der Waals surface area contributed by atoms with Crippen molar-refractivity contribution in [3.63, 3.8) is 0 Å². The van der Waals surface area contributed by atoms with Gasteiger partial charge in [-0.2, -0.15) is 18.2 Å². The topological polar surface area (TPSA) is 97.7 Å².